The molecular formula is C23H25F2N5O. The maximum absolute atomic E-state index is 14.4. The van der Waals surface area contributed by atoms with Gasteiger partial charge >= 0.3 is 0 Å². The van der Waals surface area contributed by atoms with E-state index in [4.69, 9.17) is 0 Å². The molecule has 0 saturated carbocycles. The van der Waals surface area contributed by atoms with Gasteiger partial charge in [0.05, 0.1) is 23.3 Å². The average Bonchev–Trinajstić information content (AvgIpc) is 3.43. The molecule has 8 heteroatoms. The van der Waals surface area contributed by atoms with E-state index in [1.54, 1.807) is 16.9 Å². The van der Waals surface area contributed by atoms with E-state index in [2.05, 4.69) is 15.4 Å². The van der Waals surface area contributed by atoms with Crippen LogP contribution in [0.1, 0.15) is 54.1 Å². The average molecular weight is 425 g/mol. The molecule has 2 aliphatic rings. The molecule has 0 radical (unpaired) electrons. The van der Waals surface area contributed by atoms with Crippen molar-refractivity contribution in [2.45, 2.75) is 38.1 Å². The number of hydrazine groups is 1. The number of hydrogen-bond acceptors (Lipinski definition) is 4. The number of aromatic nitrogens is 2. The summed E-state index contributed by atoms with van der Waals surface area (Å²) in [5.41, 5.74) is 5.42. The van der Waals surface area contributed by atoms with Crippen molar-refractivity contribution < 1.29 is 13.6 Å². The molecule has 1 atom stereocenters. The lowest BCUT2D eigenvalue weighted by Gasteiger charge is -2.28. The van der Waals surface area contributed by atoms with Crippen molar-refractivity contribution in [3.05, 3.63) is 65.5 Å². The third-order valence-electron chi connectivity index (χ3n) is 6.27. The van der Waals surface area contributed by atoms with Gasteiger partial charge in [0.2, 0.25) is 0 Å². The number of nitrogens with zero attached hydrogens (tertiary/aromatic N) is 4. The zero-order chi connectivity index (χ0) is 21.4. The van der Waals surface area contributed by atoms with Crippen LogP contribution in [-0.4, -0.2) is 40.2 Å². The molecule has 1 unspecified atom stereocenters. The van der Waals surface area contributed by atoms with Gasteiger partial charge in [-0.3, -0.25) is 10.2 Å². The van der Waals surface area contributed by atoms with Gasteiger partial charge in [0.15, 0.2) is 0 Å². The molecule has 5 rings (SSSR count). The van der Waals surface area contributed by atoms with Gasteiger partial charge in [0.25, 0.3) is 5.91 Å². The van der Waals surface area contributed by atoms with Crippen LogP contribution in [-0.2, 0) is 0 Å². The number of halogens is 2. The second-order valence-electron chi connectivity index (χ2n) is 8.28. The summed E-state index contributed by atoms with van der Waals surface area (Å²) in [5.74, 6) is -1.01. The molecular weight excluding hydrogens is 400 g/mol. The topological polar surface area (TPSA) is 52.9 Å². The van der Waals surface area contributed by atoms with E-state index in [9.17, 15) is 13.6 Å². The Hall–Kier alpha value is -3.00. The quantitative estimate of drug-likeness (QED) is 0.684. The van der Waals surface area contributed by atoms with Crippen molar-refractivity contribution in [1.82, 2.24) is 20.0 Å². The third kappa shape index (κ3) is 3.87. The van der Waals surface area contributed by atoms with Crippen molar-refractivity contribution in [2.75, 3.05) is 24.5 Å². The molecule has 31 heavy (non-hydrogen) atoms. The van der Waals surface area contributed by atoms with Crippen molar-refractivity contribution in [3.63, 3.8) is 0 Å². The first-order chi connectivity index (χ1) is 15.1. The summed E-state index contributed by atoms with van der Waals surface area (Å²) >= 11 is 0. The van der Waals surface area contributed by atoms with E-state index < -0.39 is 11.6 Å². The number of nitrogens with one attached hydrogen (secondary N) is 1. The van der Waals surface area contributed by atoms with E-state index in [0.717, 1.165) is 57.1 Å². The monoisotopic (exact) mass is 425 g/mol. The highest BCUT2D eigenvalue weighted by molar-refractivity contribution is 6.00. The summed E-state index contributed by atoms with van der Waals surface area (Å²) in [6.45, 7) is 2.44. The Balaban J connectivity index is 1.44. The largest absolute Gasteiger partial charge is 0.364 e. The number of piperidine rings is 1. The Kier molecular flexibility index (Phi) is 5.31. The van der Waals surface area contributed by atoms with Gasteiger partial charge in [-0.1, -0.05) is 6.42 Å². The van der Waals surface area contributed by atoms with Crippen molar-refractivity contribution in [1.29, 1.82) is 0 Å². The van der Waals surface area contributed by atoms with E-state index >= 15 is 0 Å². The normalized spacial score (nSPS) is 19.8. The number of hydrogen-bond donors (Lipinski definition) is 1. The fourth-order valence-electron chi connectivity index (χ4n) is 4.70. The first-order valence-corrected chi connectivity index (χ1v) is 10.8. The summed E-state index contributed by atoms with van der Waals surface area (Å²) in [6.07, 6.45) is 8.35. The van der Waals surface area contributed by atoms with Crippen LogP contribution in [0.3, 0.4) is 0 Å². The van der Waals surface area contributed by atoms with Gasteiger partial charge in [-0.25, -0.2) is 18.3 Å². The second kappa shape index (κ2) is 8.26. The van der Waals surface area contributed by atoms with Gasteiger partial charge in [0.1, 0.15) is 11.6 Å². The highest BCUT2D eigenvalue weighted by Gasteiger charge is 2.29. The number of carbonyl (C=O) groups excluding carboxylic acids is 1. The Morgan fingerprint density at radius 3 is 2.71 bits per heavy atom. The van der Waals surface area contributed by atoms with Crippen molar-refractivity contribution >= 4 is 17.1 Å². The van der Waals surface area contributed by atoms with Crippen molar-refractivity contribution in [2.24, 2.45) is 0 Å². The number of amides is 1. The minimum Gasteiger partial charge on any atom is -0.364 e. The van der Waals surface area contributed by atoms with Crippen LogP contribution < -0.4 is 10.3 Å². The molecule has 2 saturated heterocycles. The zero-order valence-electron chi connectivity index (χ0n) is 17.2. The zero-order valence-corrected chi connectivity index (χ0v) is 17.2. The molecule has 1 aromatic carbocycles. The molecule has 2 fully saturated rings. The molecule has 3 aromatic rings. The fraction of sp³-hybridized carbons (Fsp3) is 0.391. The smallest absolute Gasteiger partial charge is 0.269 e. The molecule has 1 amide bonds. The molecule has 4 heterocycles. The maximum Gasteiger partial charge on any atom is 0.269 e. The molecule has 0 spiro atoms. The summed E-state index contributed by atoms with van der Waals surface area (Å²) in [6, 6.07) is 7.18. The summed E-state index contributed by atoms with van der Waals surface area (Å²) in [7, 11) is 0. The first-order valence-electron chi connectivity index (χ1n) is 10.8. The van der Waals surface area contributed by atoms with Crippen LogP contribution in [0, 0.1) is 11.6 Å². The van der Waals surface area contributed by atoms with Crippen LogP contribution in [0.15, 0.2) is 42.7 Å². The van der Waals surface area contributed by atoms with Gasteiger partial charge in [-0.05, 0) is 56.0 Å². The molecule has 0 aliphatic carbocycles. The van der Waals surface area contributed by atoms with Gasteiger partial charge in [0, 0.05) is 37.1 Å². The lowest BCUT2D eigenvalue weighted by molar-refractivity contribution is 0.0752. The van der Waals surface area contributed by atoms with Gasteiger partial charge < -0.3 is 4.90 Å². The predicted octanol–water partition coefficient (Wildman–Crippen LogP) is 4.08. The van der Waals surface area contributed by atoms with Crippen LogP contribution >= 0.6 is 0 Å². The van der Waals surface area contributed by atoms with Crippen molar-refractivity contribution in [3.8, 4) is 0 Å². The molecule has 2 aromatic heterocycles. The standard InChI is InChI=1S/C23H25F2N5O/c24-16-6-7-20(25)18(13-16)21-5-4-11-29(21)17-8-12-30-22(14-17)19(15-26-30)23(31)27-28-9-2-1-3-10-28/h6-8,12-15,21H,1-5,9-11H2,(H,27,31). The van der Waals surface area contributed by atoms with E-state index in [0.29, 0.717) is 16.6 Å². The van der Waals surface area contributed by atoms with E-state index in [-0.39, 0.29) is 11.9 Å². The lowest BCUT2D eigenvalue weighted by Crippen LogP contribution is -2.45. The molecule has 1 N–H and O–H groups in total. The first kappa shape index (κ1) is 19.9. The number of fused-ring (bicyclic) bond motifs is 1. The summed E-state index contributed by atoms with van der Waals surface area (Å²) in [5, 5.41) is 6.27. The minimum absolute atomic E-state index is 0.178. The Bertz CT molecular complexity index is 1110. The third-order valence-corrected chi connectivity index (χ3v) is 6.27. The van der Waals surface area contributed by atoms with Crippen LogP contribution in [0.4, 0.5) is 14.5 Å². The molecule has 0 bridgehead atoms. The predicted molar refractivity (Wildman–Crippen MR) is 114 cm³/mol. The minimum atomic E-state index is -0.439. The van der Waals surface area contributed by atoms with E-state index in [1.807, 2.05) is 17.1 Å². The maximum atomic E-state index is 14.4. The Morgan fingerprint density at radius 1 is 1.03 bits per heavy atom. The number of pyridine rings is 1. The molecule has 6 nitrogen and oxygen atoms in total. The number of benzene rings is 1. The number of anilines is 1. The fourth-order valence-corrected chi connectivity index (χ4v) is 4.70. The molecule has 162 valence electrons. The summed E-state index contributed by atoms with van der Waals surface area (Å²) in [4.78, 5) is 15.0. The lowest BCUT2D eigenvalue weighted by atomic mass is 10.0. The second-order valence-corrected chi connectivity index (χ2v) is 8.28. The highest BCUT2D eigenvalue weighted by atomic mass is 19.1. The van der Waals surface area contributed by atoms with Gasteiger partial charge in [-0.2, -0.15) is 5.10 Å². The van der Waals surface area contributed by atoms with Crippen LogP contribution in [0.25, 0.3) is 5.52 Å². The van der Waals surface area contributed by atoms with Gasteiger partial charge in [-0.15, -0.1) is 0 Å². The van der Waals surface area contributed by atoms with Crippen LogP contribution in [0.5, 0.6) is 0 Å². The number of carbonyl (C=O) groups is 1. The SMILES string of the molecule is O=C(NN1CCCCC1)c1cnn2ccc(N3CCCC3c3cc(F)ccc3F)cc12. The molecule has 2 aliphatic heterocycles. The summed E-state index contributed by atoms with van der Waals surface area (Å²) < 4.78 is 29.9. The number of rotatable bonds is 4. The Morgan fingerprint density at radius 2 is 1.87 bits per heavy atom. The highest BCUT2D eigenvalue weighted by Crippen LogP contribution is 2.38. The van der Waals surface area contributed by atoms with Crippen LogP contribution in [0.2, 0.25) is 0 Å². The van der Waals surface area contributed by atoms with E-state index in [1.165, 1.54) is 18.6 Å². The Labute approximate surface area is 179 Å².